The molecular weight excluding hydrogens is 407 g/mol. The van der Waals surface area contributed by atoms with Crippen LogP contribution in [0.2, 0.25) is 10.0 Å². The minimum absolute atomic E-state index is 0.0145. The molecule has 0 unspecified atom stereocenters. The summed E-state index contributed by atoms with van der Waals surface area (Å²) < 4.78 is 0. The average molecular weight is 417 g/mol. The van der Waals surface area contributed by atoms with Crippen molar-refractivity contribution in [2.45, 2.75) is 0 Å². The number of aromatic nitrogens is 1. The molecule has 9 heteroatoms. The molecule has 0 amide bonds. The molecule has 0 radical (unpaired) electrons. The number of nitrogens with zero attached hydrogens (tertiary/aromatic N) is 3. The van der Waals surface area contributed by atoms with E-state index >= 15 is 0 Å². The van der Waals surface area contributed by atoms with Gasteiger partial charge in [-0.25, -0.2) is 4.98 Å². The predicted molar refractivity (Wildman–Crippen MR) is 108 cm³/mol. The van der Waals surface area contributed by atoms with Gasteiger partial charge in [0.1, 0.15) is 16.6 Å². The summed E-state index contributed by atoms with van der Waals surface area (Å²) in [6.45, 7) is 0. The first-order valence-corrected chi connectivity index (χ1v) is 9.14. The van der Waals surface area contributed by atoms with Crippen molar-refractivity contribution in [1.82, 2.24) is 4.98 Å². The molecule has 3 rings (SSSR count). The Bertz CT molecular complexity index is 1090. The summed E-state index contributed by atoms with van der Waals surface area (Å²) in [5, 5.41) is 26.4. The molecule has 27 heavy (non-hydrogen) atoms. The summed E-state index contributed by atoms with van der Waals surface area (Å²) in [6, 6.07) is 13.3. The van der Waals surface area contributed by atoms with Crippen molar-refractivity contribution >= 4 is 51.5 Å². The van der Waals surface area contributed by atoms with Crippen molar-refractivity contribution in [1.29, 1.82) is 5.26 Å². The van der Waals surface area contributed by atoms with E-state index in [9.17, 15) is 15.4 Å². The number of halogens is 2. The first-order chi connectivity index (χ1) is 13.0. The van der Waals surface area contributed by atoms with Gasteiger partial charge in [-0.1, -0.05) is 35.3 Å². The predicted octanol–water partition coefficient (Wildman–Crippen LogP) is 6.00. The van der Waals surface area contributed by atoms with E-state index in [4.69, 9.17) is 23.2 Å². The van der Waals surface area contributed by atoms with E-state index < -0.39 is 4.92 Å². The molecule has 2 aromatic carbocycles. The topological polar surface area (TPSA) is 91.8 Å². The molecule has 0 fully saturated rings. The fourth-order valence-electron chi connectivity index (χ4n) is 2.19. The third kappa shape index (κ3) is 4.44. The lowest BCUT2D eigenvalue weighted by Crippen LogP contribution is -1.91. The highest BCUT2D eigenvalue weighted by molar-refractivity contribution is 7.11. The largest absolute Gasteiger partial charge is 0.360 e. The standard InChI is InChI=1S/C18H10Cl2N4O2S/c19-15-5-4-13(7-16(15)20)22-9-12(8-21)18-23-17(10-27-18)11-2-1-3-14(6-11)24(25)26/h1-7,9-10,22H. The van der Waals surface area contributed by atoms with Gasteiger partial charge >= 0.3 is 0 Å². The minimum atomic E-state index is -0.460. The SMILES string of the molecule is N#CC(=CNc1ccc(Cl)c(Cl)c1)c1nc(-c2cccc([N+](=O)[O-])c2)cs1. The summed E-state index contributed by atoms with van der Waals surface area (Å²) in [7, 11) is 0. The van der Waals surface area contributed by atoms with Gasteiger partial charge in [0.2, 0.25) is 0 Å². The average Bonchev–Trinajstić information content (AvgIpc) is 3.15. The molecule has 0 saturated heterocycles. The van der Waals surface area contributed by atoms with Gasteiger partial charge in [-0.05, 0) is 18.2 Å². The Morgan fingerprint density at radius 1 is 1.26 bits per heavy atom. The second kappa shape index (κ2) is 8.18. The van der Waals surface area contributed by atoms with Gasteiger partial charge in [-0.3, -0.25) is 10.1 Å². The second-order valence-electron chi connectivity index (χ2n) is 5.29. The normalized spacial score (nSPS) is 11.1. The molecule has 0 saturated carbocycles. The first-order valence-electron chi connectivity index (χ1n) is 7.50. The van der Waals surface area contributed by atoms with Crippen LogP contribution in [-0.4, -0.2) is 9.91 Å². The summed E-state index contributed by atoms with van der Waals surface area (Å²) in [5.74, 6) is 0. The molecule has 0 aliphatic carbocycles. The number of nitrogens with one attached hydrogen (secondary N) is 1. The lowest BCUT2D eigenvalue weighted by molar-refractivity contribution is -0.384. The maximum atomic E-state index is 10.9. The Balaban J connectivity index is 1.85. The Labute approximate surface area is 168 Å². The van der Waals surface area contributed by atoms with Crippen LogP contribution in [0.1, 0.15) is 5.01 Å². The number of nitriles is 1. The number of hydrogen-bond acceptors (Lipinski definition) is 6. The van der Waals surface area contributed by atoms with Gasteiger partial charge in [0.25, 0.3) is 5.69 Å². The zero-order chi connectivity index (χ0) is 19.4. The zero-order valence-electron chi connectivity index (χ0n) is 13.5. The number of nitro groups is 1. The number of thiazole rings is 1. The van der Waals surface area contributed by atoms with Crippen LogP contribution in [0.4, 0.5) is 11.4 Å². The molecule has 6 nitrogen and oxygen atoms in total. The highest BCUT2D eigenvalue weighted by Gasteiger charge is 2.12. The lowest BCUT2D eigenvalue weighted by atomic mass is 10.1. The molecule has 0 spiro atoms. The van der Waals surface area contributed by atoms with Crippen molar-refractivity contribution in [3.05, 3.63) is 79.2 Å². The molecule has 0 aliphatic rings. The van der Waals surface area contributed by atoms with Crippen molar-refractivity contribution < 1.29 is 4.92 Å². The fraction of sp³-hybridized carbons (Fsp3) is 0. The smallest absolute Gasteiger partial charge is 0.270 e. The van der Waals surface area contributed by atoms with E-state index in [1.165, 1.54) is 29.7 Å². The molecule has 1 aromatic heterocycles. The van der Waals surface area contributed by atoms with Crippen LogP contribution in [0.25, 0.3) is 16.8 Å². The number of hydrogen-bond donors (Lipinski definition) is 1. The number of benzene rings is 2. The summed E-state index contributed by atoms with van der Waals surface area (Å²) in [4.78, 5) is 14.9. The molecule has 1 N–H and O–H groups in total. The molecular formula is C18H10Cl2N4O2S. The van der Waals surface area contributed by atoms with E-state index in [0.717, 1.165) is 0 Å². The van der Waals surface area contributed by atoms with Gasteiger partial charge in [0.05, 0.1) is 20.7 Å². The molecule has 1 heterocycles. The number of allylic oxidation sites excluding steroid dienone is 1. The zero-order valence-corrected chi connectivity index (χ0v) is 15.8. The van der Waals surface area contributed by atoms with Crippen molar-refractivity contribution in [2.24, 2.45) is 0 Å². The molecule has 0 bridgehead atoms. The second-order valence-corrected chi connectivity index (χ2v) is 6.96. The van der Waals surface area contributed by atoms with E-state index in [2.05, 4.69) is 16.4 Å². The van der Waals surface area contributed by atoms with Crippen LogP contribution in [0.3, 0.4) is 0 Å². The van der Waals surface area contributed by atoms with Crippen LogP contribution >= 0.6 is 34.5 Å². The number of rotatable bonds is 5. The van der Waals surface area contributed by atoms with Crippen LogP contribution in [0.5, 0.6) is 0 Å². The van der Waals surface area contributed by atoms with Crippen LogP contribution in [0, 0.1) is 21.4 Å². The Kier molecular flexibility index (Phi) is 5.72. The van der Waals surface area contributed by atoms with Gasteiger partial charge in [-0.15, -0.1) is 11.3 Å². The van der Waals surface area contributed by atoms with Crippen molar-refractivity contribution in [2.75, 3.05) is 5.32 Å². The summed E-state index contributed by atoms with van der Waals surface area (Å²) in [6.07, 6.45) is 1.52. The van der Waals surface area contributed by atoms with Gasteiger partial charge in [-0.2, -0.15) is 5.26 Å². The van der Waals surface area contributed by atoms with Gasteiger partial charge < -0.3 is 5.32 Å². The molecule has 0 atom stereocenters. The highest BCUT2D eigenvalue weighted by Crippen LogP contribution is 2.29. The highest BCUT2D eigenvalue weighted by atomic mass is 35.5. The van der Waals surface area contributed by atoms with Crippen LogP contribution < -0.4 is 5.32 Å². The van der Waals surface area contributed by atoms with Gasteiger partial charge in [0, 0.05) is 35.0 Å². The maximum Gasteiger partial charge on any atom is 0.270 e. The van der Waals surface area contributed by atoms with Crippen LogP contribution in [0.15, 0.2) is 54.0 Å². The summed E-state index contributed by atoms with van der Waals surface area (Å²) in [5.41, 5.74) is 2.16. The van der Waals surface area contributed by atoms with Crippen molar-refractivity contribution in [3.8, 4) is 17.3 Å². The Morgan fingerprint density at radius 3 is 2.78 bits per heavy atom. The molecule has 3 aromatic rings. The Hall–Kier alpha value is -2.92. The van der Waals surface area contributed by atoms with E-state index in [1.54, 1.807) is 35.7 Å². The lowest BCUT2D eigenvalue weighted by Gasteiger charge is -2.03. The van der Waals surface area contributed by atoms with E-state index in [1.807, 2.05) is 0 Å². The first kappa shape index (κ1) is 18.9. The van der Waals surface area contributed by atoms with E-state index in [-0.39, 0.29) is 5.69 Å². The van der Waals surface area contributed by atoms with E-state index in [0.29, 0.717) is 37.6 Å². The van der Waals surface area contributed by atoms with Gasteiger partial charge in [0.15, 0.2) is 0 Å². The monoisotopic (exact) mass is 416 g/mol. The number of nitro benzene ring substituents is 1. The maximum absolute atomic E-state index is 10.9. The van der Waals surface area contributed by atoms with Crippen LogP contribution in [-0.2, 0) is 0 Å². The van der Waals surface area contributed by atoms with Crippen molar-refractivity contribution in [3.63, 3.8) is 0 Å². The quantitative estimate of drug-likeness (QED) is 0.312. The third-order valence-electron chi connectivity index (χ3n) is 3.51. The molecule has 0 aliphatic heterocycles. The fourth-order valence-corrected chi connectivity index (χ4v) is 3.28. The third-order valence-corrected chi connectivity index (χ3v) is 5.13. The summed E-state index contributed by atoms with van der Waals surface area (Å²) >= 11 is 13.1. The Morgan fingerprint density at radius 2 is 2.07 bits per heavy atom. The number of non-ortho nitro benzene ring substituents is 1. The minimum Gasteiger partial charge on any atom is -0.360 e. The number of anilines is 1. The molecule has 134 valence electrons.